The predicted molar refractivity (Wildman–Crippen MR) is 118 cm³/mol. The molecule has 0 amide bonds. The van der Waals surface area contributed by atoms with Gasteiger partial charge in [0.05, 0.1) is 17.2 Å². The lowest BCUT2D eigenvalue weighted by Gasteiger charge is -2.24. The summed E-state index contributed by atoms with van der Waals surface area (Å²) >= 11 is 0. The van der Waals surface area contributed by atoms with E-state index in [2.05, 4.69) is 0 Å². The van der Waals surface area contributed by atoms with E-state index >= 15 is 4.39 Å². The highest BCUT2D eigenvalue weighted by Crippen LogP contribution is 2.27. The fourth-order valence-corrected chi connectivity index (χ4v) is 3.81. The number of alkyl halides is 1. The fraction of sp³-hybridized carbons (Fsp3) is 0.231. The molecule has 0 N–H and O–H groups in total. The van der Waals surface area contributed by atoms with Crippen molar-refractivity contribution in [2.45, 2.75) is 24.9 Å². The van der Waals surface area contributed by atoms with Crippen LogP contribution in [0.2, 0.25) is 0 Å². The SMILES string of the molecule is O=C(OC[C@@H]1[C@@H](F)[C@H](OC(=O)c2ccccc2)CN1Cc1ccccc1)c1ccccc1. The summed E-state index contributed by atoms with van der Waals surface area (Å²) in [6, 6.07) is 26.0. The highest BCUT2D eigenvalue weighted by molar-refractivity contribution is 5.89. The normalized spacial score (nSPS) is 20.6. The summed E-state index contributed by atoms with van der Waals surface area (Å²) in [6.45, 7) is 0.525. The van der Waals surface area contributed by atoms with E-state index in [0.717, 1.165) is 5.56 Å². The monoisotopic (exact) mass is 433 g/mol. The highest BCUT2D eigenvalue weighted by Gasteiger charge is 2.45. The molecule has 1 heterocycles. The zero-order valence-corrected chi connectivity index (χ0v) is 17.5. The van der Waals surface area contributed by atoms with Gasteiger partial charge in [0.1, 0.15) is 12.7 Å². The first-order valence-corrected chi connectivity index (χ1v) is 10.5. The Bertz CT molecular complexity index is 1030. The molecule has 0 radical (unpaired) electrons. The smallest absolute Gasteiger partial charge is 0.338 e. The Hall–Kier alpha value is -3.51. The number of rotatable bonds is 7. The van der Waals surface area contributed by atoms with E-state index in [1.807, 2.05) is 35.2 Å². The molecule has 6 heteroatoms. The Kier molecular flexibility index (Phi) is 6.92. The minimum absolute atomic E-state index is 0.138. The van der Waals surface area contributed by atoms with E-state index in [9.17, 15) is 9.59 Å². The van der Waals surface area contributed by atoms with Crippen LogP contribution in [0.25, 0.3) is 0 Å². The Morgan fingerprint density at radius 1 is 0.812 bits per heavy atom. The van der Waals surface area contributed by atoms with Crippen molar-refractivity contribution >= 4 is 11.9 Å². The van der Waals surface area contributed by atoms with Crippen molar-refractivity contribution in [1.29, 1.82) is 0 Å². The summed E-state index contributed by atoms with van der Waals surface area (Å²) < 4.78 is 26.4. The molecule has 0 aliphatic carbocycles. The van der Waals surface area contributed by atoms with Gasteiger partial charge in [-0.15, -0.1) is 0 Å². The molecule has 0 spiro atoms. The molecular formula is C26H24FNO4. The van der Waals surface area contributed by atoms with Gasteiger partial charge in [-0.2, -0.15) is 0 Å². The van der Waals surface area contributed by atoms with Crippen molar-refractivity contribution in [1.82, 2.24) is 4.90 Å². The fourth-order valence-electron chi connectivity index (χ4n) is 3.81. The van der Waals surface area contributed by atoms with Crippen LogP contribution < -0.4 is 0 Å². The van der Waals surface area contributed by atoms with Gasteiger partial charge in [-0.3, -0.25) is 4.90 Å². The van der Waals surface area contributed by atoms with Gasteiger partial charge in [-0.05, 0) is 29.8 Å². The first-order valence-electron chi connectivity index (χ1n) is 10.5. The lowest BCUT2D eigenvalue weighted by molar-refractivity contribution is 0.0106. The predicted octanol–water partition coefficient (Wildman–Crippen LogP) is 4.29. The summed E-state index contributed by atoms with van der Waals surface area (Å²) in [6.07, 6.45) is -2.44. The van der Waals surface area contributed by atoms with Gasteiger partial charge in [0.2, 0.25) is 0 Å². The van der Waals surface area contributed by atoms with Crippen molar-refractivity contribution in [2.75, 3.05) is 13.2 Å². The molecular weight excluding hydrogens is 409 g/mol. The Balaban J connectivity index is 1.47. The van der Waals surface area contributed by atoms with Crippen LogP contribution in [-0.2, 0) is 16.0 Å². The molecule has 0 bridgehead atoms. The average Bonchev–Trinajstić information content (AvgIpc) is 3.12. The molecule has 1 saturated heterocycles. The van der Waals surface area contributed by atoms with Crippen LogP contribution in [0.5, 0.6) is 0 Å². The number of carbonyl (C=O) groups excluding carboxylic acids is 2. The third-order valence-corrected chi connectivity index (χ3v) is 5.50. The second-order valence-electron chi connectivity index (χ2n) is 7.70. The summed E-state index contributed by atoms with van der Waals surface area (Å²) in [5.74, 6) is -1.08. The van der Waals surface area contributed by atoms with Gasteiger partial charge in [0.25, 0.3) is 0 Å². The summed E-state index contributed by atoms with van der Waals surface area (Å²) in [5, 5.41) is 0. The molecule has 1 fully saturated rings. The van der Waals surface area contributed by atoms with Crippen LogP contribution in [0.1, 0.15) is 26.3 Å². The summed E-state index contributed by atoms with van der Waals surface area (Å²) in [4.78, 5) is 26.7. The Morgan fingerprint density at radius 2 is 1.34 bits per heavy atom. The number of nitrogens with zero attached hydrogens (tertiary/aromatic N) is 1. The van der Waals surface area contributed by atoms with Gasteiger partial charge in [-0.1, -0.05) is 66.7 Å². The van der Waals surface area contributed by atoms with Crippen LogP contribution in [0, 0.1) is 0 Å². The minimum atomic E-state index is -1.49. The second-order valence-corrected chi connectivity index (χ2v) is 7.70. The van der Waals surface area contributed by atoms with E-state index in [1.54, 1.807) is 60.7 Å². The number of esters is 2. The molecule has 3 atom stereocenters. The molecule has 1 aliphatic heterocycles. The van der Waals surface area contributed by atoms with Crippen LogP contribution in [0.4, 0.5) is 4.39 Å². The first-order chi connectivity index (χ1) is 15.6. The first kappa shape index (κ1) is 21.7. The minimum Gasteiger partial charge on any atom is -0.460 e. The Morgan fingerprint density at radius 3 is 1.94 bits per heavy atom. The van der Waals surface area contributed by atoms with Gasteiger partial charge in [0, 0.05) is 13.1 Å². The maximum atomic E-state index is 15.4. The maximum Gasteiger partial charge on any atom is 0.338 e. The molecule has 3 aromatic carbocycles. The summed E-state index contributed by atoms with van der Waals surface area (Å²) in [5.41, 5.74) is 1.77. The lowest BCUT2D eigenvalue weighted by atomic mass is 10.1. The van der Waals surface area contributed by atoms with E-state index in [0.29, 0.717) is 17.7 Å². The van der Waals surface area contributed by atoms with Gasteiger partial charge in [-0.25, -0.2) is 14.0 Å². The molecule has 0 unspecified atom stereocenters. The number of ether oxygens (including phenoxy) is 2. The van der Waals surface area contributed by atoms with E-state index in [-0.39, 0.29) is 13.2 Å². The zero-order chi connectivity index (χ0) is 22.3. The van der Waals surface area contributed by atoms with Gasteiger partial charge < -0.3 is 9.47 Å². The van der Waals surface area contributed by atoms with Crippen molar-refractivity contribution in [2.24, 2.45) is 0 Å². The molecule has 5 nitrogen and oxygen atoms in total. The van der Waals surface area contributed by atoms with Crippen LogP contribution in [0.15, 0.2) is 91.0 Å². The number of hydrogen-bond acceptors (Lipinski definition) is 5. The van der Waals surface area contributed by atoms with E-state index in [1.165, 1.54) is 0 Å². The molecule has 32 heavy (non-hydrogen) atoms. The van der Waals surface area contributed by atoms with Crippen LogP contribution in [-0.4, -0.2) is 48.3 Å². The van der Waals surface area contributed by atoms with Crippen molar-refractivity contribution < 1.29 is 23.5 Å². The van der Waals surface area contributed by atoms with Crippen molar-refractivity contribution in [3.05, 3.63) is 108 Å². The number of hydrogen-bond donors (Lipinski definition) is 0. The average molecular weight is 433 g/mol. The number of benzene rings is 3. The van der Waals surface area contributed by atoms with Crippen LogP contribution >= 0.6 is 0 Å². The standard InChI is InChI=1S/C26H24FNO4/c27-24-22(18-31-25(29)20-12-6-2-7-13-20)28(16-19-10-4-1-5-11-19)17-23(24)32-26(30)21-14-8-3-9-15-21/h1-15,22-24H,16-18H2/t22-,23-,24-/m1/s1. The van der Waals surface area contributed by atoms with Crippen LogP contribution in [0.3, 0.4) is 0 Å². The quantitative estimate of drug-likeness (QED) is 0.521. The Labute approximate surface area is 186 Å². The largest absolute Gasteiger partial charge is 0.460 e. The number of carbonyl (C=O) groups is 2. The molecule has 4 rings (SSSR count). The molecule has 164 valence electrons. The van der Waals surface area contributed by atoms with Gasteiger partial charge in [0.15, 0.2) is 6.17 Å². The van der Waals surface area contributed by atoms with E-state index < -0.39 is 30.3 Å². The molecule has 0 aromatic heterocycles. The van der Waals surface area contributed by atoms with Crippen molar-refractivity contribution in [3.63, 3.8) is 0 Å². The second kappa shape index (κ2) is 10.2. The van der Waals surface area contributed by atoms with Crippen molar-refractivity contribution in [3.8, 4) is 0 Å². The lowest BCUT2D eigenvalue weighted by Crippen LogP contribution is -2.38. The zero-order valence-electron chi connectivity index (χ0n) is 17.5. The number of likely N-dealkylation sites (tertiary alicyclic amines) is 1. The molecule has 3 aromatic rings. The van der Waals surface area contributed by atoms with Gasteiger partial charge >= 0.3 is 11.9 Å². The summed E-state index contributed by atoms with van der Waals surface area (Å²) in [7, 11) is 0. The topological polar surface area (TPSA) is 55.8 Å². The molecule has 1 aliphatic rings. The molecule has 0 saturated carbocycles. The highest BCUT2D eigenvalue weighted by atomic mass is 19.1. The van der Waals surface area contributed by atoms with E-state index in [4.69, 9.17) is 9.47 Å². The number of halogens is 1. The third kappa shape index (κ3) is 5.21. The third-order valence-electron chi connectivity index (χ3n) is 5.50. The maximum absolute atomic E-state index is 15.4.